The van der Waals surface area contributed by atoms with E-state index in [-0.39, 0.29) is 12.5 Å². The van der Waals surface area contributed by atoms with Crippen LogP contribution in [0.2, 0.25) is 5.02 Å². The molecule has 1 amide bonds. The topological polar surface area (TPSA) is 73.6 Å². The molecule has 0 fully saturated rings. The van der Waals surface area contributed by atoms with Crippen molar-refractivity contribution in [2.75, 3.05) is 13.7 Å². The number of nitrogens with two attached hydrogens (primary N) is 1. The molecule has 0 bridgehead atoms. The van der Waals surface area contributed by atoms with Crippen LogP contribution in [0.5, 0.6) is 5.75 Å². The SMILES string of the molecule is COCC(Oc1cc(C)c(Cl)cc1C(C)C)C(=O)NN. The zero-order valence-electron chi connectivity index (χ0n) is 12.2. The monoisotopic (exact) mass is 300 g/mol. The maximum Gasteiger partial charge on any atom is 0.277 e. The van der Waals surface area contributed by atoms with Crippen LogP contribution in [0.25, 0.3) is 0 Å². The average Bonchev–Trinajstić information content (AvgIpc) is 2.40. The minimum absolute atomic E-state index is 0.113. The number of rotatable bonds is 6. The van der Waals surface area contributed by atoms with E-state index in [1.54, 1.807) is 0 Å². The normalized spacial score (nSPS) is 12.3. The number of ether oxygens (including phenoxy) is 2. The molecule has 1 atom stereocenters. The van der Waals surface area contributed by atoms with E-state index in [1.165, 1.54) is 7.11 Å². The highest BCUT2D eigenvalue weighted by Crippen LogP contribution is 2.32. The van der Waals surface area contributed by atoms with Crippen LogP contribution in [0.4, 0.5) is 0 Å². The Morgan fingerprint density at radius 3 is 2.60 bits per heavy atom. The Bertz CT molecular complexity index is 478. The van der Waals surface area contributed by atoms with E-state index in [0.29, 0.717) is 10.8 Å². The zero-order valence-corrected chi connectivity index (χ0v) is 13.0. The molecule has 0 saturated carbocycles. The Hall–Kier alpha value is -1.30. The van der Waals surface area contributed by atoms with Crippen molar-refractivity contribution in [3.8, 4) is 5.75 Å². The van der Waals surface area contributed by atoms with Gasteiger partial charge in [-0.05, 0) is 36.1 Å². The third-order valence-electron chi connectivity index (χ3n) is 2.94. The van der Waals surface area contributed by atoms with Gasteiger partial charge in [0.25, 0.3) is 5.91 Å². The fourth-order valence-electron chi connectivity index (χ4n) is 1.78. The van der Waals surface area contributed by atoms with Gasteiger partial charge in [-0.1, -0.05) is 25.4 Å². The summed E-state index contributed by atoms with van der Waals surface area (Å²) in [6.45, 7) is 6.06. The quantitative estimate of drug-likeness (QED) is 0.480. The highest BCUT2D eigenvalue weighted by Gasteiger charge is 2.22. The molecule has 3 N–H and O–H groups in total. The fraction of sp³-hybridized carbons (Fsp3) is 0.500. The molecule has 0 aliphatic carbocycles. The Morgan fingerprint density at radius 1 is 1.45 bits per heavy atom. The lowest BCUT2D eigenvalue weighted by Gasteiger charge is -2.21. The summed E-state index contributed by atoms with van der Waals surface area (Å²) in [6.07, 6.45) is -0.803. The Balaban J connectivity index is 3.10. The van der Waals surface area contributed by atoms with Gasteiger partial charge >= 0.3 is 0 Å². The second-order valence-corrected chi connectivity index (χ2v) is 5.27. The third-order valence-corrected chi connectivity index (χ3v) is 3.34. The van der Waals surface area contributed by atoms with Crippen LogP contribution in [0, 0.1) is 6.92 Å². The summed E-state index contributed by atoms with van der Waals surface area (Å²) >= 11 is 6.14. The van der Waals surface area contributed by atoms with Crippen molar-refractivity contribution in [2.45, 2.75) is 32.8 Å². The minimum Gasteiger partial charge on any atom is -0.478 e. The Labute approximate surface area is 124 Å². The number of carbonyl (C=O) groups excluding carboxylic acids is 1. The summed E-state index contributed by atoms with van der Waals surface area (Å²) in [6, 6.07) is 3.69. The van der Waals surface area contributed by atoms with Crippen molar-refractivity contribution in [3.63, 3.8) is 0 Å². The van der Waals surface area contributed by atoms with Crippen molar-refractivity contribution < 1.29 is 14.3 Å². The molecular weight excluding hydrogens is 280 g/mol. The van der Waals surface area contributed by atoms with Crippen molar-refractivity contribution in [1.82, 2.24) is 5.43 Å². The summed E-state index contributed by atoms with van der Waals surface area (Å²) in [5, 5.41) is 0.674. The highest BCUT2D eigenvalue weighted by molar-refractivity contribution is 6.31. The van der Waals surface area contributed by atoms with E-state index in [4.69, 9.17) is 26.9 Å². The van der Waals surface area contributed by atoms with Gasteiger partial charge in [-0.15, -0.1) is 0 Å². The summed E-state index contributed by atoms with van der Waals surface area (Å²) < 4.78 is 10.7. The lowest BCUT2D eigenvalue weighted by molar-refractivity contribution is -0.130. The molecule has 0 spiro atoms. The van der Waals surface area contributed by atoms with Gasteiger partial charge < -0.3 is 9.47 Å². The first-order valence-corrected chi connectivity index (χ1v) is 6.74. The number of methoxy groups -OCH3 is 1. The first-order chi connectivity index (χ1) is 9.40. The summed E-state index contributed by atoms with van der Waals surface area (Å²) in [5.41, 5.74) is 3.90. The van der Waals surface area contributed by atoms with Crippen LogP contribution < -0.4 is 16.0 Å². The van der Waals surface area contributed by atoms with E-state index < -0.39 is 12.0 Å². The molecule has 1 aromatic carbocycles. The number of nitrogens with one attached hydrogen (secondary N) is 1. The fourth-order valence-corrected chi connectivity index (χ4v) is 1.96. The molecular formula is C14H21ClN2O3. The third kappa shape index (κ3) is 4.10. The number of hydrazine groups is 1. The zero-order chi connectivity index (χ0) is 15.3. The molecule has 0 aliphatic heterocycles. The molecule has 6 heteroatoms. The molecule has 1 rings (SSSR count). The summed E-state index contributed by atoms with van der Waals surface area (Å²) in [7, 11) is 1.50. The standard InChI is InChI=1S/C14H21ClN2O3/c1-8(2)10-6-11(15)9(3)5-12(10)20-13(7-19-4)14(18)17-16/h5-6,8,13H,7,16H2,1-4H3,(H,17,18). The number of halogens is 1. The van der Waals surface area contributed by atoms with E-state index in [9.17, 15) is 4.79 Å². The van der Waals surface area contributed by atoms with Gasteiger partial charge in [-0.3, -0.25) is 10.2 Å². The lowest BCUT2D eigenvalue weighted by Crippen LogP contribution is -2.44. The Kier molecular flexibility index (Phi) is 6.26. The molecule has 20 heavy (non-hydrogen) atoms. The molecule has 0 aromatic heterocycles. The first-order valence-electron chi connectivity index (χ1n) is 6.36. The molecule has 112 valence electrons. The molecule has 5 nitrogen and oxygen atoms in total. The van der Waals surface area contributed by atoms with Crippen LogP contribution >= 0.6 is 11.6 Å². The molecule has 0 radical (unpaired) electrons. The van der Waals surface area contributed by atoms with Crippen molar-refractivity contribution in [1.29, 1.82) is 0 Å². The van der Waals surface area contributed by atoms with Crippen LogP contribution in [-0.2, 0) is 9.53 Å². The predicted octanol–water partition coefficient (Wildman–Crippen LogP) is 2.16. The van der Waals surface area contributed by atoms with Gasteiger partial charge in [0.05, 0.1) is 6.61 Å². The van der Waals surface area contributed by atoms with Gasteiger partial charge in [-0.25, -0.2) is 5.84 Å². The first kappa shape index (κ1) is 16.8. The maximum absolute atomic E-state index is 11.7. The van der Waals surface area contributed by atoms with E-state index in [0.717, 1.165) is 11.1 Å². The second kappa shape index (κ2) is 7.47. The Morgan fingerprint density at radius 2 is 2.10 bits per heavy atom. The molecule has 0 saturated heterocycles. The summed E-state index contributed by atoms with van der Waals surface area (Å²) in [4.78, 5) is 11.7. The van der Waals surface area contributed by atoms with E-state index in [1.807, 2.05) is 32.9 Å². The lowest BCUT2D eigenvalue weighted by atomic mass is 10.0. The molecule has 0 heterocycles. The molecule has 1 aromatic rings. The largest absolute Gasteiger partial charge is 0.478 e. The highest BCUT2D eigenvalue weighted by atomic mass is 35.5. The van der Waals surface area contributed by atoms with Crippen LogP contribution in [-0.4, -0.2) is 25.7 Å². The number of benzene rings is 1. The van der Waals surface area contributed by atoms with E-state index in [2.05, 4.69) is 5.43 Å². The minimum atomic E-state index is -0.803. The van der Waals surface area contributed by atoms with Crippen molar-refractivity contribution >= 4 is 17.5 Å². The van der Waals surface area contributed by atoms with Crippen molar-refractivity contribution in [3.05, 3.63) is 28.3 Å². The van der Waals surface area contributed by atoms with Crippen molar-refractivity contribution in [2.24, 2.45) is 5.84 Å². The van der Waals surface area contributed by atoms with Gasteiger partial charge in [0.15, 0.2) is 0 Å². The van der Waals surface area contributed by atoms with Crippen LogP contribution in [0.3, 0.4) is 0 Å². The second-order valence-electron chi connectivity index (χ2n) is 4.86. The number of hydrogen-bond acceptors (Lipinski definition) is 4. The molecule has 1 unspecified atom stereocenters. The average molecular weight is 301 g/mol. The van der Waals surface area contributed by atoms with Gasteiger partial charge in [0.2, 0.25) is 6.10 Å². The van der Waals surface area contributed by atoms with Crippen LogP contribution in [0.15, 0.2) is 12.1 Å². The number of amides is 1. The number of carbonyl (C=O) groups is 1. The van der Waals surface area contributed by atoms with Gasteiger partial charge in [-0.2, -0.15) is 0 Å². The van der Waals surface area contributed by atoms with Gasteiger partial charge in [0, 0.05) is 12.1 Å². The van der Waals surface area contributed by atoms with Gasteiger partial charge in [0.1, 0.15) is 5.75 Å². The predicted molar refractivity (Wildman–Crippen MR) is 78.9 cm³/mol. The van der Waals surface area contributed by atoms with E-state index >= 15 is 0 Å². The number of aryl methyl sites for hydroxylation is 1. The summed E-state index contributed by atoms with van der Waals surface area (Å²) in [5.74, 6) is 5.55. The van der Waals surface area contributed by atoms with Crippen LogP contribution in [0.1, 0.15) is 30.9 Å². The number of hydrogen-bond donors (Lipinski definition) is 2. The smallest absolute Gasteiger partial charge is 0.277 e. The molecule has 0 aliphatic rings. The maximum atomic E-state index is 11.7.